The summed E-state index contributed by atoms with van der Waals surface area (Å²) in [5.74, 6) is 0. The maximum Gasteiger partial charge on any atom is 0.428 e. The zero-order chi connectivity index (χ0) is 13.8. The van der Waals surface area contributed by atoms with Crippen LogP contribution in [0.1, 0.15) is 33.3 Å². The Balaban J connectivity index is 2.69. The van der Waals surface area contributed by atoms with Crippen LogP contribution in [0.5, 0.6) is 0 Å². The van der Waals surface area contributed by atoms with Gasteiger partial charge in [0, 0.05) is 10.0 Å². The summed E-state index contributed by atoms with van der Waals surface area (Å²) in [5, 5.41) is 4.00. The first-order valence-electron chi connectivity index (χ1n) is 5.58. The van der Waals surface area contributed by atoms with Crippen LogP contribution in [0.2, 0.25) is 0 Å². The van der Waals surface area contributed by atoms with Crippen molar-refractivity contribution in [3.8, 4) is 0 Å². The normalized spacial score (nSPS) is 12.2. The highest BCUT2D eigenvalue weighted by molar-refractivity contribution is 9.10. The van der Waals surface area contributed by atoms with Gasteiger partial charge in [0.05, 0.1) is 5.71 Å². The topological polar surface area (TPSA) is 50.7 Å². The number of nitrogens with zero attached hydrogens (tertiary/aromatic N) is 1. The van der Waals surface area contributed by atoms with Gasteiger partial charge < -0.3 is 4.74 Å². The molecule has 0 saturated carbocycles. The van der Waals surface area contributed by atoms with Crippen molar-refractivity contribution < 1.29 is 9.53 Å². The van der Waals surface area contributed by atoms with E-state index in [4.69, 9.17) is 4.74 Å². The molecule has 0 aliphatic heterocycles. The van der Waals surface area contributed by atoms with Crippen molar-refractivity contribution in [1.29, 1.82) is 0 Å². The minimum atomic E-state index is -0.561. The minimum Gasteiger partial charge on any atom is -0.443 e. The average Bonchev–Trinajstić information content (AvgIpc) is 2.24. The van der Waals surface area contributed by atoms with E-state index in [1.165, 1.54) is 0 Å². The third kappa shape index (κ3) is 4.87. The van der Waals surface area contributed by atoms with Crippen LogP contribution in [0.3, 0.4) is 0 Å². The first-order chi connectivity index (χ1) is 8.29. The van der Waals surface area contributed by atoms with E-state index in [0.29, 0.717) is 5.71 Å². The molecule has 1 aromatic carbocycles. The molecule has 0 bridgehead atoms. The van der Waals surface area contributed by atoms with Crippen LogP contribution in [-0.4, -0.2) is 17.4 Å². The molecule has 1 aromatic rings. The lowest BCUT2D eigenvalue weighted by Gasteiger charge is -2.18. The molecule has 0 aliphatic carbocycles. The van der Waals surface area contributed by atoms with E-state index in [1.807, 2.05) is 31.2 Å². The summed E-state index contributed by atoms with van der Waals surface area (Å²) in [6.45, 7) is 7.22. The standard InChI is InChI=1S/C13H17BrN2O2/c1-9(10-7-5-6-8-11(10)14)15-16-12(17)18-13(2,3)4/h5-8H,1-4H3,(H,16,17)/b15-9+. The Hall–Kier alpha value is -1.36. The van der Waals surface area contributed by atoms with Crippen LogP contribution in [-0.2, 0) is 4.74 Å². The van der Waals surface area contributed by atoms with Crippen molar-refractivity contribution in [3.63, 3.8) is 0 Å². The molecule has 4 nitrogen and oxygen atoms in total. The van der Waals surface area contributed by atoms with Gasteiger partial charge in [0.25, 0.3) is 0 Å². The number of halogens is 1. The summed E-state index contributed by atoms with van der Waals surface area (Å²) >= 11 is 3.43. The fraction of sp³-hybridized carbons (Fsp3) is 0.385. The number of ether oxygens (including phenoxy) is 1. The van der Waals surface area contributed by atoms with E-state index in [9.17, 15) is 4.79 Å². The lowest BCUT2D eigenvalue weighted by atomic mass is 10.1. The Labute approximate surface area is 116 Å². The largest absolute Gasteiger partial charge is 0.443 e. The van der Waals surface area contributed by atoms with Crippen LogP contribution in [0, 0.1) is 0 Å². The number of rotatable bonds is 2. The van der Waals surface area contributed by atoms with Gasteiger partial charge in [0.1, 0.15) is 5.60 Å². The van der Waals surface area contributed by atoms with Crippen LogP contribution >= 0.6 is 15.9 Å². The fourth-order valence-corrected chi connectivity index (χ4v) is 1.82. The van der Waals surface area contributed by atoms with E-state index in [2.05, 4.69) is 26.5 Å². The molecule has 98 valence electrons. The van der Waals surface area contributed by atoms with Gasteiger partial charge in [-0.3, -0.25) is 0 Å². The quantitative estimate of drug-likeness (QED) is 0.668. The molecule has 0 unspecified atom stereocenters. The van der Waals surface area contributed by atoms with Crippen LogP contribution in [0.25, 0.3) is 0 Å². The van der Waals surface area contributed by atoms with Crippen molar-refractivity contribution in [2.75, 3.05) is 0 Å². The van der Waals surface area contributed by atoms with Crippen molar-refractivity contribution in [2.24, 2.45) is 5.10 Å². The van der Waals surface area contributed by atoms with Gasteiger partial charge in [-0.1, -0.05) is 34.1 Å². The molecule has 0 spiro atoms. The predicted molar refractivity (Wildman–Crippen MR) is 75.7 cm³/mol. The highest BCUT2D eigenvalue weighted by atomic mass is 79.9. The monoisotopic (exact) mass is 312 g/mol. The fourth-order valence-electron chi connectivity index (χ4n) is 1.25. The molecule has 0 heterocycles. The second-order valence-electron chi connectivity index (χ2n) is 4.79. The number of hydrazone groups is 1. The first-order valence-corrected chi connectivity index (χ1v) is 6.37. The number of amides is 1. The third-order valence-corrected chi connectivity index (χ3v) is 2.67. The second-order valence-corrected chi connectivity index (χ2v) is 5.65. The van der Waals surface area contributed by atoms with Crippen molar-refractivity contribution in [2.45, 2.75) is 33.3 Å². The van der Waals surface area contributed by atoms with Crippen molar-refractivity contribution in [3.05, 3.63) is 34.3 Å². The summed E-state index contributed by atoms with van der Waals surface area (Å²) in [6.07, 6.45) is -0.561. The molecular weight excluding hydrogens is 296 g/mol. The molecule has 5 heteroatoms. The molecule has 0 fully saturated rings. The average molecular weight is 313 g/mol. The van der Waals surface area contributed by atoms with Gasteiger partial charge in [-0.25, -0.2) is 10.2 Å². The molecule has 1 amide bonds. The first kappa shape index (κ1) is 14.7. The predicted octanol–water partition coefficient (Wildman–Crippen LogP) is 3.70. The highest BCUT2D eigenvalue weighted by Crippen LogP contribution is 2.16. The van der Waals surface area contributed by atoms with Crippen LogP contribution < -0.4 is 5.43 Å². The summed E-state index contributed by atoms with van der Waals surface area (Å²) < 4.78 is 6.01. The number of hydrogen-bond donors (Lipinski definition) is 1. The Kier molecular flexibility index (Phi) is 4.90. The summed E-state index contributed by atoms with van der Waals surface area (Å²) in [4.78, 5) is 11.4. The molecule has 0 saturated heterocycles. The lowest BCUT2D eigenvalue weighted by molar-refractivity contribution is 0.0529. The Morgan fingerprint density at radius 2 is 1.94 bits per heavy atom. The minimum absolute atomic E-state index is 0.527. The highest BCUT2D eigenvalue weighted by Gasteiger charge is 2.15. The number of carbonyl (C=O) groups is 1. The van der Waals surface area contributed by atoms with Gasteiger partial charge in [-0.05, 0) is 33.8 Å². The van der Waals surface area contributed by atoms with Crippen LogP contribution in [0.15, 0.2) is 33.8 Å². The Morgan fingerprint density at radius 1 is 1.33 bits per heavy atom. The zero-order valence-electron chi connectivity index (χ0n) is 11.0. The maximum atomic E-state index is 11.4. The molecule has 0 aromatic heterocycles. The number of benzene rings is 1. The molecule has 1 rings (SSSR count). The summed E-state index contributed by atoms with van der Waals surface area (Å²) in [7, 11) is 0. The smallest absolute Gasteiger partial charge is 0.428 e. The van der Waals surface area contributed by atoms with Crippen molar-refractivity contribution in [1.82, 2.24) is 5.43 Å². The molecule has 1 N–H and O–H groups in total. The zero-order valence-corrected chi connectivity index (χ0v) is 12.5. The lowest BCUT2D eigenvalue weighted by Crippen LogP contribution is -2.30. The van der Waals surface area contributed by atoms with E-state index >= 15 is 0 Å². The van der Waals surface area contributed by atoms with Crippen LogP contribution in [0.4, 0.5) is 4.79 Å². The number of carbonyl (C=O) groups excluding carboxylic acids is 1. The number of hydrogen-bond acceptors (Lipinski definition) is 3. The number of nitrogens with one attached hydrogen (secondary N) is 1. The van der Waals surface area contributed by atoms with E-state index in [0.717, 1.165) is 10.0 Å². The maximum absolute atomic E-state index is 11.4. The second kappa shape index (κ2) is 6.00. The molecular formula is C13H17BrN2O2. The van der Waals surface area contributed by atoms with Gasteiger partial charge in [0.2, 0.25) is 0 Å². The van der Waals surface area contributed by atoms with Gasteiger partial charge in [-0.2, -0.15) is 5.10 Å². The van der Waals surface area contributed by atoms with Gasteiger partial charge in [-0.15, -0.1) is 0 Å². The Morgan fingerprint density at radius 3 is 2.50 bits per heavy atom. The Bertz CT molecular complexity index is 464. The third-order valence-electron chi connectivity index (χ3n) is 1.98. The van der Waals surface area contributed by atoms with E-state index < -0.39 is 11.7 Å². The van der Waals surface area contributed by atoms with Gasteiger partial charge in [0.15, 0.2) is 0 Å². The molecule has 0 aliphatic rings. The van der Waals surface area contributed by atoms with Gasteiger partial charge >= 0.3 is 6.09 Å². The summed E-state index contributed by atoms with van der Waals surface area (Å²) in [6, 6.07) is 7.66. The SMILES string of the molecule is C/C(=N\NC(=O)OC(C)(C)C)c1ccccc1Br. The molecule has 0 radical (unpaired) electrons. The summed E-state index contributed by atoms with van der Waals surface area (Å²) in [5.41, 5.74) is 3.47. The van der Waals surface area contributed by atoms with E-state index in [-0.39, 0.29) is 0 Å². The van der Waals surface area contributed by atoms with E-state index in [1.54, 1.807) is 20.8 Å². The molecule has 0 atom stereocenters. The molecule has 18 heavy (non-hydrogen) atoms. The van der Waals surface area contributed by atoms with Crippen molar-refractivity contribution >= 4 is 27.7 Å².